The molecule has 0 bridgehead atoms. The highest BCUT2D eigenvalue weighted by molar-refractivity contribution is 5.94. The zero-order chi connectivity index (χ0) is 36.4. The van der Waals surface area contributed by atoms with Gasteiger partial charge in [0.25, 0.3) is 0 Å². The highest BCUT2D eigenvalue weighted by Crippen LogP contribution is 2.48. The van der Waals surface area contributed by atoms with E-state index >= 15 is 0 Å². The number of nitrogens with zero attached hydrogens (tertiary/aromatic N) is 5. The molecule has 2 amide bonds. The molecular formula is C38H54N6O6. The highest BCUT2D eigenvalue weighted by atomic mass is 16.8. The van der Waals surface area contributed by atoms with Crippen molar-refractivity contribution in [2.45, 2.75) is 110 Å². The molecule has 1 aromatic carbocycles. The number of rotatable bonds is 11. The Labute approximate surface area is 295 Å². The molecule has 4 atom stereocenters. The summed E-state index contributed by atoms with van der Waals surface area (Å²) in [5, 5.41) is 0.748. The van der Waals surface area contributed by atoms with E-state index < -0.39 is 23.1 Å². The minimum Gasteiger partial charge on any atom is -0.444 e. The number of anilines is 1. The lowest BCUT2D eigenvalue weighted by molar-refractivity contribution is -0.160. The quantitative estimate of drug-likeness (QED) is 0.229. The van der Waals surface area contributed by atoms with Crippen molar-refractivity contribution in [2.24, 2.45) is 5.92 Å². The molecule has 12 nitrogen and oxygen atoms in total. The van der Waals surface area contributed by atoms with E-state index in [0.717, 1.165) is 16.5 Å². The molecule has 2 fully saturated rings. The largest absolute Gasteiger partial charge is 0.444 e. The van der Waals surface area contributed by atoms with Crippen LogP contribution in [0.2, 0.25) is 0 Å². The number of aromatic nitrogens is 3. The Morgan fingerprint density at radius 2 is 1.60 bits per heavy atom. The minimum atomic E-state index is -0.812. The predicted molar refractivity (Wildman–Crippen MR) is 193 cm³/mol. The Morgan fingerprint density at radius 1 is 0.980 bits per heavy atom. The van der Waals surface area contributed by atoms with Crippen LogP contribution in [-0.4, -0.2) is 91.9 Å². The zero-order valence-electron chi connectivity index (χ0n) is 30.8. The fraction of sp³-hybridized carbons (Fsp3) is 0.579. The molecule has 1 aliphatic carbocycles. The van der Waals surface area contributed by atoms with Crippen LogP contribution >= 0.6 is 0 Å². The summed E-state index contributed by atoms with van der Waals surface area (Å²) in [6.45, 7) is 20.6. The Hall–Kier alpha value is -4.16. The Balaban J connectivity index is 1.36. The smallest absolute Gasteiger partial charge is 0.410 e. The van der Waals surface area contributed by atoms with E-state index in [1.54, 1.807) is 15.9 Å². The number of hydrogen-bond acceptors (Lipinski definition) is 9. The minimum absolute atomic E-state index is 0.0804. The molecule has 5 rings (SSSR count). The first-order chi connectivity index (χ1) is 23.4. The molecule has 2 aliphatic rings. The normalized spacial score (nSPS) is 21.5. The van der Waals surface area contributed by atoms with Gasteiger partial charge >= 0.3 is 12.2 Å². The summed E-state index contributed by atoms with van der Waals surface area (Å²) in [5.74, 6) is -0.504. The van der Waals surface area contributed by atoms with Crippen LogP contribution in [-0.2, 0) is 25.4 Å². The molecule has 1 saturated heterocycles. The first kappa shape index (κ1) is 37.1. The first-order valence-electron chi connectivity index (χ1n) is 17.5. The van der Waals surface area contributed by atoms with Crippen LogP contribution < -0.4 is 5.73 Å². The van der Waals surface area contributed by atoms with Crippen molar-refractivity contribution in [2.75, 3.05) is 31.9 Å². The molecule has 50 heavy (non-hydrogen) atoms. The van der Waals surface area contributed by atoms with Gasteiger partial charge < -0.3 is 39.0 Å². The number of nitrogens with two attached hydrogens (primary N) is 1. The van der Waals surface area contributed by atoms with E-state index in [9.17, 15) is 9.59 Å². The summed E-state index contributed by atoms with van der Waals surface area (Å²) < 4.78 is 26.8. The molecule has 0 radical (unpaired) electrons. The third kappa shape index (κ3) is 8.95. The maximum Gasteiger partial charge on any atom is 0.410 e. The van der Waals surface area contributed by atoms with E-state index in [1.807, 2.05) is 91.9 Å². The predicted octanol–water partition coefficient (Wildman–Crippen LogP) is 6.84. The molecule has 2 aromatic heterocycles. The number of benzene rings is 1. The Bertz CT molecular complexity index is 1660. The van der Waals surface area contributed by atoms with Crippen LogP contribution in [0.15, 0.2) is 49.4 Å². The van der Waals surface area contributed by atoms with Crippen molar-refractivity contribution in [1.82, 2.24) is 24.3 Å². The highest BCUT2D eigenvalue weighted by Gasteiger charge is 2.55. The van der Waals surface area contributed by atoms with Gasteiger partial charge in [0.15, 0.2) is 5.79 Å². The van der Waals surface area contributed by atoms with Gasteiger partial charge in [-0.1, -0.05) is 43.0 Å². The van der Waals surface area contributed by atoms with Crippen molar-refractivity contribution in [3.8, 4) is 0 Å². The second kappa shape index (κ2) is 14.6. The van der Waals surface area contributed by atoms with Crippen molar-refractivity contribution in [3.63, 3.8) is 0 Å². The Morgan fingerprint density at radius 3 is 2.24 bits per heavy atom. The summed E-state index contributed by atoms with van der Waals surface area (Å²) in [4.78, 5) is 39.3. The molecule has 0 unspecified atom stereocenters. The zero-order valence-corrected chi connectivity index (χ0v) is 30.8. The molecule has 3 aromatic rings. The van der Waals surface area contributed by atoms with Gasteiger partial charge in [-0.05, 0) is 80.2 Å². The number of fused-ring (bicyclic) bond motifs is 2. The standard InChI is InChI=1S/C38H54N6O6/c1-10-26-23-44(33-29(26)32(39)40-24-41-33)28-21-27(30-31(28)48-38(8,9)47-30)22-43(35(46)50-37(5,6)7)19-14-18-42(34(45)49-36(2,3)4)20-17-25-15-12-11-13-16-25/h10-13,15-16,23-24,27-28,30-31H,1,14,17-22H2,2-9H3,(H2,39,40,41)/t27-,28-,30-,31+/m1/s1. The van der Waals surface area contributed by atoms with Gasteiger partial charge in [-0.3, -0.25) is 0 Å². The maximum absolute atomic E-state index is 13.8. The average molecular weight is 691 g/mol. The second-order valence-corrected chi connectivity index (χ2v) is 15.8. The van der Waals surface area contributed by atoms with E-state index in [1.165, 1.54) is 6.33 Å². The van der Waals surface area contributed by atoms with Crippen LogP contribution in [0.4, 0.5) is 15.4 Å². The number of hydrogen-bond donors (Lipinski definition) is 1. The lowest BCUT2D eigenvalue weighted by Gasteiger charge is -2.32. The van der Waals surface area contributed by atoms with Crippen molar-refractivity contribution in [3.05, 3.63) is 60.6 Å². The van der Waals surface area contributed by atoms with Crippen LogP contribution in [0.5, 0.6) is 0 Å². The van der Waals surface area contributed by atoms with Gasteiger partial charge in [-0.25, -0.2) is 19.6 Å². The van der Waals surface area contributed by atoms with Crippen molar-refractivity contribution in [1.29, 1.82) is 0 Å². The molecule has 272 valence electrons. The number of carbonyl (C=O) groups is 2. The fourth-order valence-electron chi connectivity index (χ4n) is 6.90. The topological polar surface area (TPSA) is 134 Å². The maximum atomic E-state index is 13.8. The van der Waals surface area contributed by atoms with E-state index in [-0.39, 0.29) is 30.3 Å². The van der Waals surface area contributed by atoms with Gasteiger partial charge in [-0.15, -0.1) is 0 Å². The summed E-state index contributed by atoms with van der Waals surface area (Å²) in [6.07, 6.45) is 5.73. The average Bonchev–Trinajstić information content (AvgIpc) is 3.65. The van der Waals surface area contributed by atoms with Gasteiger partial charge in [0, 0.05) is 43.9 Å². The van der Waals surface area contributed by atoms with Gasteiger partial charge in [0.1, 0.15) is 35.1 Å². The van der Waals surface area contributed by atoms with Gasteiger partial charge in [0.2, 0.25) is 0 Å². The number of amides is 2. The molecule has 1 aliphatic heterocycles. The van der Waals surface area contributed by atoms with Crippen LogP contribution in [0, 0.1) is 5.92 Å². The lowest BCUT2D eigenvalue weighted by atomic mass is 10.0. The molecule has 0 spiro atoms. The SMILES string of the molecule is C=Cc1cn([C@@H]2C[C@H](CN(CCCN(CCc3ccccc3)C(=O)OC(C)(C)C)C(=O)OC(C)(C)C)[C@H]3OC(C)(C)O[C@H]32)c2ncnc(N)c12. The van der Waals surface area contributed by atoms with Crippen LogP contribution in [0.1, 0.15) is 85.4 Å². The number of ether oxygens (including phenoxy) is 4. The van der Waals surface area contributed by atoms with Gasteiger partial charge in [-0.2, -0.15) is 0 Å². The summed E-state index contributed by atoms with van der Waals surface area (Å²) in [7, 11) is 0. The summed E-state index contributed by atoms with van der Waals surface area (Å²) in [5.41, 5.74) is 7.63. The number of carbonyl (C=O) groups excluding carboxylic acids is 2. The van der Waals surface area contributed by atoms with Crippen LogP contribution in [0.3, 0.4) is 0 Å². The molecule has 3 heterocycles. The van der Waals surface area contributed by atoms with E-state index in [4.69, 9.17) is 24.7 Å². The molecular weight excluding hydrogens is 636 g/mol. The monoisotopic (exact) mass is 690 g/mol. The first-order valence-corrected chi connectivity index (χ1v) is 17.5. The van der Waals surface area contributed by atoms with Crippen molar-refractivity contribution < 1.29 is 28.5 Å². The van der Waals surface area contributed by atoms with Gasteiger partial charge in [0.05, 0.1) is 17.5 Å². The number of nitrogen functional groups attached to an aromatic ring is 1. The third-order valence-corrected chi connectivity index (χ3v) is 8.92. The fourth-order valence-corrected chi connectivity index (χ4v) is 6.90. The molecule has 1 saturated carbocycles. The van der Waals surface area contributed by atoms with E-state index in [2.05, 4.69) is 21.1 Å². The van der Waals surface area contributed by atoms with Crippen LogP contribution in [0.25, 0.3) is 17.1 Å². The lowest BCUT2D eigenvalue weighted by Crippen LogP contribution is -2.44. The molecule has 2 N–H and O–H groups in total. The third-order valence-electron chi connectivity index (χ3n) is 8.92. The Kier molecular flexibility index (Phi) is 10.8. The van der Waals surface area contributed by atoms with Crippen molar-refractivity contribution >= 4 is 35.1 Å². The summed E-state index contributed by atoms with van der Waals surface area (Å²) in [6, 6.07) is 9.91. The second-order valence-electron chi connectivity index (χ2n) is 15.8. The summed E-state index contributed by atoms with van der Waals surface area (Å²) >= 11 is 0. The van der Waals surface area contributed by atoms with E-state index in [0.29, 0.717) is 56.9 Å². The molecule has 12 heteroatoms.